The first-order valence-electron chi connectivity index (χ1n) is 9.30. The molecule has 0 saturated carbocycles. The Bertz CT molecular complexity index is 1190. The van der Waals surface area contributed by atoms with E-state index >= 15 is 0 Å². The second kappa shape index (κ2) is 7.74. The number of carboxylic acid groups (broad SMARTS) is 1. The maximum absolute atomic E-state index is 13.0. The molecule has 1 aromatic heterocycles. The number of piperidine rings is 1. The Labute approximate surface area is 173 Å². The molecule has 1 aliphatic rings. The van der Waals surface area contributed by atoms with Crippen LogP contribution in [0.3, 0.4) is 0 Å². The van der Waals surface area contributed by atoms with Gasteiger partial charge in [-0.1, -0.05) is 30.2 Å². The van der Waals surface area contributed by atoms with E-state index in [4.69, 9.17) is 11.6 Å². The van der Waals surface area contributed by atoms with Crippen LogP contribution in [0.15, 0.2) is 53.4 Å². The van der Waals surface area contributed by atoms with Gasteiger partial charge in [0, 0.05) is 29.1 Å². The average Bonchev–Trinajstić information content (AvgIpc) is 2.73. The largest absolute Gasteiger partial charge is 0.478 e. The Balaban J connectivity index is 1.84. The Hall–Kier alpha value is -2.48. The summed E-state index contributed by atoms with van der Waals surface area (Å²) in [5.74, 6) is -1.14. The Morgan fingerprint density at radius 2 is 1.69 bits per heavy atom. The number of carboxylic acids is 1. The molecule has 29 heavy (non-hydrogen) atoms. The number of aromatic carboxylic acids is 1. The smallest absolute Gasteiger partial charge is 0.336 e. The highest BCUT2D eigenvalue weighted by Crippen LogP contribution is 2.29. The van der Waals surface area contributed by atoms with Crippen LogP contribution in [0.2, 0.25) is 5.02 Å². The predicted octanol–water partition coefficient (Wildman–Crippen LogP) is 4.43. The summed E-state index contributed by atoms with van der Waals surface area (Å²) in [6, 6.07) is 12.9. The number of aromatic nitrogens is 1. The molecule has 6 nitrogen and oxygen atoms in total. The Morgan fingerprint density at radius 3 is 2.34 bits per heavy atom. The topological polar surface area (TPSA) is 87.6 Å². The zero-order valence-electron chi connectivity index (χ0n) is 15.5. The van der Waals surface area contributed by atoms with Gasteiger partial charge in [0.15, 0.2) is 0 Å². The highest BCUT2D eigenvalue weighted by Gasteiger charge is 2.27. The predicted molar refractivity (Wildman–Crippen MR) is 112 cm³/mol. The molecule has 2 aromatic carbocycles. The molecule has 0 unspecified atom stereocenters. The fourth-order valence-electron chi connectivity index (χ4n) is 3.57. The van der Waals surface area contributed by atoms with E-state index in [1.807, 2.05) is 0 Å². The minimum absolute atomic E-state index is 0.00986. The van der Waals surface area contributed by atoms with Crippen LogP contribution in [0, 0.1) is 0 Å². The molecular weight excluding hydrogens is 412 g/mol. The molecular formula is C21H19ClN2O4S. The highest BCUT2D eigenvalue weighted by atomic mass is 35.5. The van der Waals surface area contributed by atoms with Crippen LogP contribution in [0.5, 0.6) is 0 Å². The molecule has 0 amide bonds. The minimum atomic E-state index is -3.67. The molecule has 8 heteroatoms. The monoisotopic (exact) mass is 430 g/mol. The van der Waals surface area contributed by atoms with Crippen LogP contribution in [-0.4, -0.2) is 41.9 Å². The van der Waals surface area contributed by atoms with Crippen molar-refractivity contribution in [3.8, 4) is 11.3 Å². The third-order valence-corrected chi connectivity index (χ3v) is 7.25. The standard InChI is InChI=1S/C21H19ClN2O4S/c22-15-6-4-14(5-7-15)20-13-18(21(25)26)17-12-16(8-9-19(17)23-20)29(27,28)24-10-2-1-3-11-24/h4-9,12-13H,1-3,10-11H2,(H,25,26). The number of fused-ring (bicyclic) bond motifs is 1. The van der Waals surface area contributed by atoms with E-state index in [9.17, 15) is 18.3 Å². The van der Waals surface area contributed by atoms with Gasteiger partial charge in [0.05, 0.1) is 21.7 Å². The summed E-state index contributed by atoms with van der Waals surface area (Å²) in [4.78, 5) is 16.5. The van der Waals surface area contributed by atoms with E-state index in [-0.39, 0.29) is 10.5 Å². The molecule has 0 atom stereocenters. The number of pyridine rings is 1. The summed E-state index contributed by atoms with van der Waals surface area (Å²) in [7, 11) is -3.67. The number of sulfonamides is 1. The van der Waals surface area contributed by atoms with Gasteiger partial charge in [0.25, 0.3) is 0 Å². The maximum Gasteiger partial charge on any atom is 0.336 e. The van der Waals surface area contributed by atoms with Crippen molar-refractivity contribution in [1.29, 1.82) is 0 Å². The summed E-state index contributed by atoms with van der Waals surface area (Å²) in [6.45, 7) is 0.972. The lowest BCUT2D eigenvalue weighted by molar-refractivity contribution is 0.0699. The van der Waals surface area contributed by atoms with Crippen molar-refractivity contribution >= 4 is 38.5 Å². The van der Waals surface area contributed by atoms with Crippen molar-refractivity contribution in [2.24, 2.45) is 0 Å². The summed E-state index contributed by atoms with van der Waals surface area (Å²) in [5, 5.41) is 10.6. The third kappa shape index (κ3) is 3.85. The minimum Gasteiger partial charge on any atom is -0.478 e. The lowest BCUT2D eigenvalue weighted by atomic mass is 10.0. The molecule has 150 valence electrons. The molecule has 1 aliphatic heterocycles. The molecule has 2 heterocycles. The molecule has 1 N–H and O–H groups in total. The SMILES string of the molecule is O=C(O)c1cc(-c2ccc(Cl)cc2)nc2ccc(S(=O)(=O)N3CCCCC3)cc12. The molecule has 0 spiro atoms. The van der Waals surface area contributed by atoms with E-state index in [1.165, 1.54) is 22.5 Å². The van der Waals surface area contributed by atoms with Gasteiger partial charge in [-0.25, -0.2) is 18.2 Å². The molecule has 0 radical (unpaired) electrons. The van der Waals surface area contributed by atoms with Crippen molar-refractivity contribution in [3.63, 3.8) is 0 Å². The number of nitrogens with zero attached hydrogens (tertiary/aromatic N) is 2. The number of rotatable bonds is 4. The summed E-state index contributed by atoms with van der Waals surface area (Å²) in [6.07, 6.45) is 2.68. The zero-order valence-corrected chi connectivity index (χ0v) is 17.1. The van der Waals surface area contributed by atoms with E-state index < -0.39 is 16.0 Å². The van der Waals surface area contributed by atoms with Crippen LogP contribution in [0.4, 0.5) is 0 Å². The quantitative estimate of drug-likeness (QED) is 0.661. The fourth-order valence-corrected chi connectivity index (χ4v) is 5.23. The van der Waals surface area contributed by atoms with Gasteiger partial charge < -0.3 is 5.11 Å². The van der Waals surface area contributed by atoms with Gasteiger partial charge >= 0.3 is 5.97 Å². The van der Waals surface area contributed by atoms with Gasteiger partial charge in [0.2, 0.25) is 10.0 Å². The first-order chi connectivity index (χ1) is 13.9. The Morgan fingerprint density at radius 1 is 1.00 bits per heavy atom. The highest BCUT2D eigenvalue weighted by molar-refractivity contribution is 7.89. The number of hydrogen-bond acceptors (Lipinski definition) is 4. The summed E-state index contributed by atoms with van der Waals surface area (Å²) >= 11 is 5.92. The number of hydrogen-bond donors (Lipinski definition) is 1. The van der Waals surface area contributed by atoms with Gasteiger partial charge in [0.1, 0.15) is 0 Å². The molecule has 3 aromatic rings. The van der Waals surface area contributed by atoms with E-state index in [2.05, 4.69) is 4.98 Å². The first kappa shape index (κ1) is 19.8. The fraction of sp³-hybridized carbons (Fsp3) is 0.238. The van der Waals surface area contributed by atoms with Crippen LogP contribution < -0.4 is 0 Å². The van der Waals surface area contributed by atoms with Crippen LogP contribution in [0.1, 0.15) is 29.6 Å². The second-order valence-electron chi connectivity index (χ2n) is 7.01. The molecule has 0 aliphatic carbocycles. The van der Waals surface area contributed by atoms with Crippen molar-refractivity contribution < 1.29 is 18.3 Å². The lowest BCUT2D eigenvalue weighted by Gasteiger charge is -2.26. The molecule has 1 saturated heterocycles. The number of halogens is 1. The van der Waals surface area contributed by atoms with E-state index in [1.54, 1.807) is 30.3 Å². The van der Waals surface area contributed by atoms with Gasteiger partial charge in [-0.3, -0.25) is 0 Å². The molecule has 1 fully saturated rings. The average molecular weight is 431 g/mol. The zero-order chi connectivity index (χ0) is 20.6. The van der Waals surface area contributed by atoms with E-state index in [0.29, 0.717) is 34.7 Å². The Kier molecular flexibility index (Phi) is 5.29. The van der Waals surface area contributed by atoms with Crippen LogP contribution in [0.25, 0.3) is 22.2 Å². The molecule has 4 rings (SSSR count). The van der Waals surface area contributed by atoms with Crippen molar-refractivity contribution in [2.45, 2.75) is 24.2 Å². The number of carbonyl (C=O) groups is 1. The van der Waals surface area contributed by atoms with Crippen molar-refractivity contribution in [2.75, 3.05) is 13.1 Å². The van der Waals surface area contributed by atoms with Crippen LogP contribution in [-0.2, 0) is 10.0 Å². The van der Waals surface area contributed by atoms with Gasteiger partial charge in [-0.2, -0.15) is 4.31 Å². The van der Waals surface area contributed by atoms with Gasteiger partial charge in [-0.15, -0.1) is 0 Å². The molecule has 0 bridgehead atoms. The third-order valence-electron chi connectivity index (χ3n) is 5.10. The van der Waals surface area contributed by atoms with Crippen LogP contribution >= 0.6 is 11.6 Å². The number of benzene rings is 2. The second-order valence-corrected chi connectivity index (χ2v) is 9.39. The lowest BCUT2D eigenvalue weighted by Crippen LogP contribution is -2.35. The maximum atomic E-state index is 13.0. The van der Waals surface area contributed by atoms with Crippen molar-refractivity contribution in [3.05, 3.63) is 59.1 Å². The summed E-state index contributed by atoms with van der Waals surface area (Å²) in [5.41, 5.74) is 1.64. The van der Waals surface area contributed by atoms with Crippen molar-refractivity contribution in [1.82, 2.24) is 9.29 Å². The summed E-state index contributed by atoms with van der Waals surface area (Å²) < 4.78 is 27.4. The van der Waals surface area contributed by atoms with E-state index in [0.717, 1.165) is 24.8 Å². The normalized spacial score (nSPS) is 15.5. The van der Waals surface area contributed by atoms with Gasteiger partial charge in [-0.05, 0) is 49.2 Å². The first-order valence-corrected chi connectivity index (χ1v) is 11.1.